The minimum atomic E-state index is -0.989. The molecule has 30 heavy (non-hydrogen) atoms. The van der Waals surface area contributed by atoms with E-state index in [1.165, 1.54) is 0 Å². The van der Waals surface area contributed by atoms with Gasteiger partial charge in [-0.1, -0.05) is 26.2 Å². The fourth-order valence-corrected chi connectivity index (χ4v) is 3.91. The Bertz CT molecular complexity index is 1090. The van der Waals surface area contributed by atoms with Crippen molar-refractivity contribution in [3.8, 4) is 11.8 Å². The molecule has 1 saturated carbocycles. The zero-order valence-electron chi connectivity index (χ0n) is 17.2. The lowest BCUT2D eigenvalue weighted by atomic mass is 10.2. The second kappa shape index (κ2) is 8.42. The molecule has 0 spiro atoms. The Morgan fingerprint density at radius 1 is 1.20 bits per heavy atom. The number of rotatable bonds is 5. The maximum absolute atomic E-state index is 10.8. The van der Waals surface area contributed by atoms with Crippen molar-refractivity contribution < 1.29 is 10.2 Å². The first-order chi connectivity index (χ1) is 14.5. The van der Waals surface area contributed by atoms with Crippen molar-refractivity contribution in [2.45, 2.75) is 70.2 Å². The van der Waals surface area contributed by atoms with Gasteiger partial charge in [0.2, 0.25) is 5.82 Å². The van der Waals surface area contributed by atoms with E-state index in [9.17, 15) is 10.2 Å². The molecule has 0 saturated heterocycles. The maximum atomic E-state index is 10.8. The molecule has 158 valence electrons. The summed E-state index contributed by atoms with van der Waals surface area (Å²) in [5.41, 5.74) is 8.13. The summed E-state index contributed by atoms with van der Waals surface area (Å²) in [7, 11) is 0. The highest BCUT2D eigenvalue weighted by atomic mass is 16.3. The third-order valence-electron chi connectivity index (χ3n) is 5.69. The van der Waals surface area contributed by atoms with Gasteiger partial charge in [-0.3, -0.25) is 4.68 Å². The molecule has 3 heterocycles. The molecule has 0 aromatic carbocycles. The number of unbranched alkanes of at least 4 members (excludes halogenated alkanes) is 2. The number of aryl methyl sites for hydroxylation is 1. The van der Waals surface area contributed by atoms with Crippen LogP contribution in [0.3, 0.4) is 0 Å². The van der Waals surface area contributed by atoms with Gasteiger partial charge in [0.05, 0.1) is 24.6 Å². The van der Waals surface area contributed by atoms with Gasteiger partial charge < -0.3 is 20.5 Å². The Balaban J connectivity index is 1.66. The fraction of sp³-hybridized carbons (Fsp3) is 0.524. The molecule has 3 aromatic heterocycles. The number of anilines is 1. The monoisotopic (exact) mass is 409 g/mol. The van der Waals surface area contributed by atoms with Gasteiger partial charge in [0.15, 0.2) is 11.5 Å². The van der Waals surface area contributed by atoms with Crippen LogP contribution in [-0.2, 0) is 6.42 Å². The summed E-state index contributed by atoms with van der Waals surface area (Å²) >= 11 is 0. The first-order valence-corrected chi connectivity index (χ1v) is 10.4. The molecule has 1 aliphatic carbocycles. The molecule has 1 fully saturated rings. The van der Waals surface area contributed by atoms with Gasteiger partial charge in [0.1, 0.15) is 17.7 Å². The molecule has 1 aliphatic rings. The zero-order chi connectivity index (χ0) is 21.3. The smallest absolute Gasteiger partial charge is 0.208 e. The second-order valence-corrected chi connectivity index (χ2v) is 7.70. The van der Waals surface area contributed by atoms with Crippen LogP contribution in [0, 0.1) is 11.8 Å². The lowest BCUT2D eigenvalue weighted by Gasteiger charge is -2.18. The minimum absolute atomic E-state index is 0.253. The van der Waals surface area contributed by atoms with E-state index in [0.717, 1.165) is 31.2 Å². The molecule has 4 atom stereocenters. The largest absolute Gasteiger partial charge is 0.388 e. The molecule has 3 aromatic rings. The lowest BCUT2D eigenvalue weighted by Crippen LogP contribution is -2.30. The summed E-state index contributed by atoms with van der Waals surface area (Å²) in [5, 5.41) is 25.8. The van der Waals surface area contributed by atoms with Crippen LogP contribution in [-0.4, -0.2) is 51.7 Å². The molecule has 0 amide bonds. The lowest BCUT2D eigenvalue weighted by molar-refractivity contribution is 0.00721. The molecular formula is C21H27N7O2. The topological polar surface area (TPSA) is 128 Å². The highest BCUT2D eigenvalue weighted by molar-refractivity contribution is 5.82. The van der Waals surface area contributed by atoms with Crippen LogP contribution in [0.4, 0.5) is 5.82 Å². The average Bonchev–Trinajstić information content (AvgIpc) is 3.44. The fourth-order valence-electron chi connectivity index (χ4n) is 3.91. The van der Waals surface area contributed by atoms with Crippen LogP contribution >= 0.6 is 0 Å². The molecule has 0 bridgehead atoms. The van der Waals surface area contributed by atoms with Gasteiger partial charge in [0, 0.05) is 12.6 Å². The Hall–Kier alpha value is -2.96. The normalized spacial score (nSPS) is 23.6. The summed E-state index contributed by atoms with van der Waals surface area (Å²) in [6.45, 7) is 4.16. The standard InChI is InChI=1S/C21H27N7O2/c1-3-5-6-7-8-16-25-20(22)17-21(26-16)27(12-23-17)14-9-15(19(30)18(14)29)28-11-13(4-2)10-24-28/h10-12,14-15,18-19,29-30H,3-6,9H2,1-2H3,(H2,22,25,26)/t14-,15+,18+,19-/m1/s1. The van der Waals surface area contributed by atoms with Crippen LogP contribution in [0.5, 0.6) is 0 Å². The Morgan fingerprint density at radius 3 is 2.73 bits per heavy atom. The van der Waals surface area contributed by atoms with E-state index in [1.807, 2.05) is 6.20 Å². The van der Waals surface area contributed by atoms with Crippen LogP contribution < -0.4 is 5.73 Å². The number of hydrogen-bond donors (Lipinski definition) is 3. The van der Waals surface area contributed by atoms with Crippen molar-refractivity contribution >= 4 is 17.0 Å². The summed E-state index contributed by atoms with van der Waals surface area (Å²) < 4.78 is 3.50. The van der Waals surface area contributed by atoms with Gasteiger partial charge >= 0.3 is 0 Å². The van der Waals surface area contributed by atoms with E-state index in [0.29, 0.717) is 23.4 Å². The van der Waals surface area contributed by atoms with Crippen LogP contribution in [0.15, 0.2) is 18.7 Å². The number of nitrogens with zero attached hydrogens (tertiary/aromatic N) is 6. The van der Waals surface area contributed by atoms with E-state index in [-0.39, 0.29) is 11.9 Å². The number of hydrogen-bond acceptors (Lipinski definition) is 7. The second-order valence-electron chi connectivity index (χ2n) is 7.70. The summed E-state index contributed by atoms with van der Waals surface area (Å²) in [5.74, 6) is 6.62. The van der Waals surface area contributed by atoms with E-state index in [4.69, 9.17) is 5.73 Å². The predicted octanol–water partition coefficient (Wildman–Crippen LogP) is 1.62. The van der Waals surface area contributed by atoms with Crippen molar-refractivity contribution in [1.82, 2.24) is 29.3 Å². The Kier molecular flexibility index (Phi) is 5.70. The van der Waals surface area contributed by atoms with Crippen molar-refractivity contribution in [2.24, 2.45) is 0 Å². The third kappa shape index (κ3) is 3.64. The zero-order valence-corrected chi connectivity index (χ0v) is 17.2. The van der Waals surface area contributed by atoms with Crippen molar-refractivity contribution in [2.75, 3.05) is 5.73 Å². The number of aromatic nitrogens is 6. The van der Waals surface area contributed by atoms with Crippen LogP contribution in [0.2, 0.25) is 0 Å². The number of imidazole rings is 1. The summed E-state index contributed by atoms with van der Waals surface area (Å²) in [4.78, 5) is 13.1. The maximum Gasteiger partial charge on any atom is 0.208 e. The summed E-state index contributed by atoms with van der Waals surface area (Å²) in [6.07, 6.45) is 7.56. The molecule has 0 aliphatic heterocycles. The van der Waals surface area contributed by atoms with Crippen LogP contribution in [0.1, 0.15) is 63.0 Å². The third-order valence-corrected chi connectivity index (χ3v) is 5.69. The average molecular weight is 409 g/mol. The number of nitrogens with two attached hydrogens (primary N) is 1. The molecule has 9 heteroatoms. The van der Waals surface area contributed by atoms with Crippen molar-refractivity contribution in [1.29, 1.82) is 0 Å². The van der Waals surface area contributed by atoms with Gasteiger partial charge in [0.25, 0.3) is 0 Å². The molecule has 4 N–H and O–H groups in total. The molecular weight excluding hydrogens is 382 g/mol. The van der Waals surface area contributed by atoms with Gasteiger partial charge in [-0.15, -0.1) is 0 Å². The number of aliphatic hydroxyl groups excluding tert-OH is 2. The van der Waals surface area contributed by atoms with E-state index in [2.05, 4.69) is 45.7 Å². The Morgan fingerprint density at radius 2 is 2.00 bits per heavy atom. The van der Waals surface area contributed by atoms with Crippen LogP contribution in [0.25, 0.3) is 11.2 Å². The molecule has 9 nitrogen and oxygen atoms in total. The van der Waals surface area contributed by atoms with Gasteiger partial charge in [-0.05, 0) is 30.7 Å². The van der Waals surface area contributed by atoms with Crippen molar-refractivity contribution in [3.05, 3.63) is 30.1 Å². The van der Waals surface area contributed by atoms with Gasteiger partial charge in [-0.25, -0.2) is 15.0 Å². The highest BCUT2D eigenvalue weighted by Gasteiger charge is 2.44. The van der Waals surface area contributed by atoms with E-state index < -0.39 is 18.2 Å². The quantitative estimate of drug-likeness (QED) is 0.431. The number of aliphatic hydroxyl groups is 2. The van der Waals surface area contributed by atoms with Gasteiger partial charge in [-0.2, -0.15) is 5.10 Å². The number of fused-ring (bicyclic) bond motifs is 1. The first kappa shape index (κ1) is 20.3. The summed E-state index contributed by atoms with van der Waals surface area (Å²) in [6, 6.07) is -0.755. The van der Waals surface area contributed by atoms with Crippen molar-refractivity contribution in [3.63, 3.8) is 0 Å². The SMILES string of the molecule is CCCCC#Cc1nc(N)c2ncn([C@@H]3C[C@H](n4cc(CC)cn4)[C@@H](O)[C@H]3O)c2n1. The van der Waals surface area contributed by atoms with E-state index >= 15 is 0 Å². The molecule has 0 radical (unpaired) electrons. The Labute approximate surface area is 175 Å². The minimum Gasteiger partial charge on any atom is -0.388 e. The number of nitrogen functional groups attached to an aromatic ring is 1. The highest BCUT2D eigenvalue weighted by Crippen LogP contribution is 2.39. The predicted molar refractivity (Wildman–Crippen MR) is 112 cm³/mol. The molecule has 4 rings (SSSR count). The van der Waals surface area contributed by atoms with E-state index in [1.54, 1.807) is 21.8 Å². The molecule has 0 unspecified atom stereocenters. The first-order valence-electron chi connectivity index (χ1n) is 10.4.